The maximum absolute atomic E-state index is 10.1. The Hall–Kier alpha value is -0.870. The first-order valence-electron chi connectivity index (χ1n) is 2.75. The molecule has 0 rings (SSSR count). The van der Waals surface area contributed by atoms with Crippen molar-refractivity contribution in [2.45, 2.75) is 19.1 Å². The highest BCUT2D eigenvalue weighted by Crippen LogP contribution is 2.03. The van der Waals surface area contributed by atoms with Gasteiger partial charge in [0, 0.05) is 0 Å². The molecule has 0 fully saturated rings. The van der Waals surface area contributed by atoms with E-state index in [1.807, 2.05) is 0 Å². The van der Waals surface area contributed by atoms with E-state index in [2.05, 4.69) is 6.58 Å². The van der Waals surface area contributed by atoms with Crippen LogP contribution >= 0.6 is 0 Å². The van der Waals surface area contributed by atoms with Crippen LogP contribution in [0.1, 0.15) is 6.92 Å². The summed E-state index contributed by atoms with van der Waals surface area (Å²) in [5, 5.41) is 25.7. The highest BCUT2D eigenvalue weighted by molar-refractivity contribution is 5.86. The van der Waals surface area contributed by atoms with E-state index in [0.29, 0.717) is 0 Å². The summed E-state index contributed by atoms with van der Waals surface area (Å²) in [4.78, 5) is 10.1. The molecular formula is C6H10O4. The maximum Gasteiger partial charge on any atom is 0.333 e. The molecule has 0 aliphatic carbocycles. The number of hydrogen-bond donors (Lipinski definition) is 3. The smallest absolute Gasteiger partial charge is 0.333 e. The summed E-state index contributed by atoms with van der Waals surface area (Å²) in [6.45, 7) is 4.36. The first-order valence-corrected chi connectivity index (χ1v) is 2.75. The summed E-state index contributed by atoms with van der Waals surface area (Å²) in [7, 11) is 0. The van der Waals surface area contributed by atoms with Crippen LogP contribution in [0.5, 0.6) is 0 Å². The third-order valence-electron chi connectivity index (χ3n) is 1.09. The molecule has 0 radical (unpaired) electrons. The number of hydrogen-bond acceptors (Lipinski definition) is 3. The van der Waals surface area contributed by atoms with Crippen LogP contribution in [0.3, 0.4) is 0 Å². The summed E-state index contributed by atoms with van der Waals surface area (Å²) < 4.78 is 0. The van der Waals surface area contributed by atoms with Gasteiger partial charge in [-0.15, -0.1) is 0 Å². The monoisotopic (exact) mass is 146 g/mol. The van der Waals surface area contributed by atoms with Crippen LogP contribution in [0.4, 0.5) is 0 Å². The molecule has 10 heavy (non-hydrogen) atoms. The van der Waals surface area contributed by atoms with Gasteiger partial charge in [-0.05, 0) is 6.92 Å². The molecule has 0 saturated heterocycles. The Kier molecular flexibility index (Phi) is 3.05. The fourth-order valence-electron chi connectivity index (χ4n) is 0.418. The molecule has 58 valence electrons. The van der Waals surface area contributed by atoms with E-state index >= 15 is 0 Å². The molecular weight excluding hydrogens is 136 g/mol. The first-order chi connectivity index (χ1) is 4.46. The first kappa shape index (κ1) is 9.13. The van der Waals surface area contributed by atoms with Crippen LogP contribution in [-0.2, 0) is 4.79 Å². The van der Waals surface area contributed by atoms with Gasteiger partial charge in [0.1, 0.15) is 6.10 Å². The fourth-order valence-corrected chi connectivity index (χ4v) is 0.418. The van der Waals surface area contributed by atoms with Gasteiger partial charge in [0.05, 0.1) is 11.7 Å². The van der Waals surface area contributed by atoms with Crippen LogP contribution in [0.25, 0.3) is 0 Å². The summed E-state index contributed by atoms with van der Waals surface area (Å²) in [6, 6.07) is 0. The van der Waals surface area contributed by atoms with E-state index in [-0.39, 0.29) is 0 Å². The molecule has 0 bridgehead atoms. The molecule has 0 aromatic carbocycles. The van der Waals surface area contributed by atoms with Crippen molar-refractivity contribution in [1.82, 2.24) is 0 Å². The lowest BCUT2D eigenvalue weighted by molar-refractivity contribution is -0.134. The third-order valence-corrected chi connectivity index (χ3v) is 1.09. The number of aliphatic hydroxyl groups excluding tert-OH is 2. The molecule has 0 aromatic heterocycles. The lowest BCUT2D eigenvalue weighted by Crippen LogP contribution is -2.27. The van der Waals surface area contributed by atoms with Gasteiger partial charge in [0.25, 0.3) is 0 Å². The van der Waals surface area contributed by atoms with Crippen LogP contribution in [0, 0.1) is 0 Å². The van der Waals surface area contributed by atoms with Crippen molar-refractivity contribution in [3.05, 3.63) is 12.2 Å². The quantitative estimate of drug-likeness (QED) is 0.463. The third kappa shape index (κ3) is 2.16. The van der Waals surface area contributed by atoms with Crippen LogP contribution < -0.4 is 0 Å². The number of aliphatic carboxylic acids is 1. The topological polar surface area (TPSA) is 77.8 Å². The zero-order chi connectivity index (χ0) is 8.31. The van der Waals surface area contributed by atoms with E-state index < -0.39 is 23.8 Å². The van der Waals surface area contributed by atoms with Crippen molar-refractivity contribution in [3.8, 4) is 0 Å². The Morgan fingerprint density at radius 2 is 1.90 bits per heavy atom. The largest absolute Gasteiger partial charge is 0.478 e. The zero-order valence-electron chi connectivity index (χ0n) is 5.61. The molecule has 0 amide bonds. The predicted molar refractivity (Wildman–Crippen MR) is 34.5 cm³/mol. The summed E-state index contributed by atoms with van der Waals surface area (Å²) in [5.41, 5.74) is -0.394. The molecule has 4 nitrogen and oxygen atoms in total. The highest BCUT2D eigenvalue weighted by atomic mass is 16.4. The Labute approximate surface area is 58.4 Å². The van der Waals surface area contributed by atoms with E-state index in [0.717, 1.165) is 0 Å². The van der Waals surface area contributed by atoms with Gasteiger partial charge in [-0.1, -0.05) is 6.58 Å². The second-order valence-electron chi connectivity index (χ2n) is 2.02. The molecule has 2 atom stereocenters. The number of carboxylic acid groups (broad SMARTS) is 1. The molecule has 0 heterocycles. The predicted octanol–water partition coefficient (Wildman–Crippen LogP) is -0.631. The fraction of sp³-hybridized carbons (Fsp3) is 0.500. The molecule has 0 saturated carbocycles. The minimum atomic E-state index is -1.38. The van der Waals surface area contributed by atoms with Crippen molar-refractivity contribution in [2.75, 3.05) is 0 Å². The standard InChI is InChI=1S/C6H10O4/c1-3(6(9)10)5(8)4(2)7/h4-5,7-8H,1H2,2H3,(H,9,10)/t4-,5+/m0/s1. The SMILES string of the molecule is C=C(C(=O)O)[C@@H](O)[C@H](C)O. The van der Waals surface area contributed by atoms with Gasteiger partial charge < -0.3 is 15.3 Å². The second kappa shape index (κ2) is 3.34. The summed E-state index contributed by atoms with van der Waals surface area (Å²) in [6.07, 6.45) is -2.47. The Balaban J connectivity index is 4.08. The Bertz CT molecular complexity index is 150. The minimum Gasteiger partial charge on any atom is -0.478 e. The molecule has 0 unspecified atom stereocenters. The van der Waals surface area contributed by atoms with E-state index in [1.54, 1.807) is 0 Å². The molecule has 0 spiro atoms. The lowest BCUT2D eigenvalue weighted by atomic mass is 10.1. The molecule has 4 heteroatoms. The van der Waals surface area contributed by atoms with Crippen LogP contribution in [0.15, 0.2) is 12.2 Å². The van der Waals surface area contributed by atoms with E-state index in [9.17, 15) is 4.79 Å². The van der Waals surface area contributed by atoms with Crippen molar-refractivity contribution < 1.29 is 20.1 Å². The zero-order valence-corrected chi connectivity index (χ0v) is 5.61. The van der Waals surface area contributed by atoms with Gasteiger partial charge >= 0.3 is 5.97 Å². The van der Waals surface area contributed by atoms with Crippen LogP contribution in [-0.4, -0.2) is 33.5 Å². The van der Waals surface area contributed by atoms with E-state index in [1.165, 1.54) is 6.92 Å². The maximum atomic E-state index is 10.1. The average molecular weight is 146 g/mol. The van der Waals surface area contributed by atoms with E-state index in [4.69, 9.17) is 15.3 Å². The van der Waals surface area contributed by atoms with Gasteiger partial charge in [-0.3, -0.25) is 0 Å². The van der Waals surface area contributed by atoms with Crippen LogP contribution in [0.2, 0.25) is 0 Å². The molecule has 3 N–H and O–H groups in total. The average Bonchev–Trinajstić information content (AvgIpc) is 1.84. The molecule has 0 aromatic rings. The number of carbonyl (C=O) groups is 1. The number of aliphatic hydroxyl groups is 2. The number of rotatable bonds is 3. The Morgan fingerprint density at radius 1 is 1.50 bits per heavy atom. The van der Waals surface area contributed by atoms with Gasteiger partial charge in [0.15, 0.2) is 0 Å². The minimum absolute atomic E-state index is 0.394. The molecule has 0 aliphatic rings. The van der Waals surface area contributed by atoms with Crippen molar-refractivity contribution in [2.24, 2.45) is 0 Å². The van der Waals surface area contributed by atoms with Crippen molar-refractivity contribution in [3.63, 3.8) is 0 Å². The highest BCUT2D eigenvalue weighted by Gasteiger charge is 2.19. The molecule has 0 aliphatic heterocycles. The van der Waals surface area contributed by atoms with Crippen molar-refractivity contribution >= 4 is 5.97 Å². The second-order valence-corrected chi connectivity index (χ2v) is 2.02. The van der Waals surface area contributed by atoms with Gasteiger partial charge in [-0.2, -0.15) is 0 Å². The lowest BCUT2D eigenvalue weighted by Gasteiger charge is -2.12. The summed E-state index contributed by atoms with van der Waals surface area (Å²) >= 11 is 0. The van der Waals surface area contributed by atoms with Gasteiger partial charge in [-0.25, -0.2) is 4.79 Å². The van der Waals surface area contributed by atoms with Gasteiger partial charge in [0.2, 0.25) is 0 Å². The Morgan fingerprint density at radius 3 is 2.00 bits per heavy atom. The normalized spacial score (nSPS) is 15.9. The summed E-state index contributed by atoms with van der Waals surface area (Å²) in [5.74, 6) is -1.30. The van der Waals surface area contributed by atoms with Crippen molar-refractivity contribution in [1.29, 1.82) is 0 Å². The number of carboxylic acids is 1.